The number of methoxy groups -OCH3 is 1. The summed E-state index contributed by atoms with van der Waals surface area (Å²) in [6, 6.07) is 4.75. The van der Waals surface area contributed by atoms with E-state index in [1.807, 2.05) is 6.07 Å². The second-order valence-electron chi connectivity index (χ2n) is 5.97. The molecule has 1 aromatic carbocycles. The van der Waals surface area contributed by atoms with E-state index < -0.39 is 11.4 Å². The van der Waals surface area contributed by atoms with Crippen LogP contribution in [0.15, 0.2) is 23.9 Å². The predicted octanol–water partition coefficient (Wildman–Crippen LogP) is 3.08. The van der Waals surface area contributed by atoms with E-state index in [2.05, 4.69) is 16.9 Å². The van der Waals surface area contributed by atoms with E-state index in [4.69, 9.17) is 15.7 Å². The van der Waals surface area contributed by atoms with Gasteiger partial charge in [-0.25, -0.2) is 9.37 Å². The molecule has 0 amide bonds. The Balaban J connectivity index is 2.35. The van der Waals surface area contributed by atoms with Crippen molar-refractivity contribution in [3.63, 3.8) is 0 Å². The molecule has 3 N–H and O–H groups in total. The molecular formula is C17H19FN4O. The molecular weight excluding hydrogens is 295 g/mol. The van der Waals surface area contributed by atoms with Crippen LogP contribution in [0.1, 0.15) is 37.6 Å². The van der Waals surface area contributed by atoms with Crippen molar-refractivity contribution in [2.45, 2.75) is 31.8 Å². The normalized spacial score (nSPS) is 26.5. The quantitative estimate of drug-likeness (QED) is 0.891. The van der Waals surface area contributed by atoms with Crippen LogP contribution >= 0.6 is 0 Å². The van der Waals surface area contributed by atoms with Crippen molar-refractivity contribution < 1.29 is 9.13 Å². The van der Waals surface area contributed by atoms with Crippen LogP contribution < -0.4 is 5.73 Å². The summed E-state index contributed by atoms with van der Waals surface area (Å²) >= 11 is 0. The number of nitrogens with two attached hydrogens (primary N) is 1. The van der Waals surface area contributed by atoms with Crippen molar-refractivity contribution in [1.82, 2.24) is 9.97 Å². The molecule has 1 aromatic heterocycles. The third kappa shape index (κ3) is 2.20. The highest BCUT2D eigenvalue weighted by Crippen LogP contribution is 2.49. The highest BCUT2D eigenvalue weighted by Gasteiger charge is 2.45. The van der Waals surface area contributed by atoms with Crippen LogP contribution in [0.25, 0.3) is 11.0 Å². The Morgan fingerprint density at radius 3 is 3.00 bits per heavy atom. The summed E-state index contributed by atoms with van der Waals surface area (Å²) in [5.74, 6) is -0.130. The summed E-state index contributed by atoms with van der Waals surface area (Å²) in [5, 5.41) is 9.08. The van der Waals surface area contributed by atoms with Crippen molar-refractivity contribution >= 4 is 11.0 Å². The summed E-state index contributed by atoms with van der Waals surface area (Å²) in [6.07, 6.45) is 4.31. The number of hydrogen-bond donors (Lipinski definition) is 2. The first-order chi connectivity index (χ1) is 11.1. The molecule has 2 atom stereocenters. The smallest absolute Gasteiger partial charge is 0.211 e. The maximum atomic E-state index is 14.2. The van der Waals surface area contributed by atoms with Gasteiger partial charge in [-0.05, 0) is 49.1 Å². The molecule has 1 heterocycles. The molecule has 1 aliphatic carbocycles. The number of halogens is 1. The predicted molar refractivity (Wildman–Crippen MR) is 84.7 cm³/mol. The molecule has 1 saturated carbocycles. The van der Waals surface area contributed by atoms with E-state index in [1.54, 1.807) is 13.3 Å². The van der Waals surface area contributed by atoms with Gasteiger partial charge in [-0.3, -0.25) is 0 Å². The largest absolute Gasteiger partial charge is 0.405 e. The Morgan fingerprint density at radius 2 is 2.35 bits per heavy atom. The zero-order valence-corrected chi connectivity index (χ0v) is 13.2. The van der Waals surface area contributed by atoms with E-state index in [1.165, 1.54) is 12.1 Å². The van der Waals surface area contributed by atoms with E-state index in [0.717, 1.165) is 24.8 Å². The summed E-state index contributed by atoms with van der Waals surface area (Å²) in [4.78, 5) is 7.15. The Bertz CT molecular complexity index is 820. The Labute approximate surface area is 134 Å². The number of nitriles is 1. The first-order valence-electron chi connectivity index (χ1n) is 7.63. The summed E-state index contributed by atoms with van der Waals surface area (Å²) < 4.78 is 20.1. The lowest BCUT2D eigenvalue weighted by molar-refractivity contribution is -0.0423. The second kappa shape index (κ2) is 5.67. The molecule has 0 bridgehead atoms. The highest BCUT2D eigenvalue weighted by molar-refractivity contribution is 5.81. The second-order valence-corrected chi connectivity index (χ2v) is 5.97. The van der Waals surface area contributed by atoms with Gasteiger partial charge >= 0.3 is 0 Å². The third-order valence-corrected chi connectivity index (χ3v) is 4.83. The molecule has 6 heteroatoms. The molecule has 5 nitrogen and oxygen atoms in total. The minimum Gasteiger partial charge on any atom is -0.405 e. The first kappa shape index (κ1) is 15.5. The van der Waals surface area contributed by atoms with Crippen LogP contribution in [0.4, 0.5) is 4.39 Å². The molecule has 0 saturated heterocycles. The molecule has 23 heavy (non-hydrogen) atoms. The van der Waals surface area contributed by atoms with Crippen LogP contribution in [0.2, 0.25) is 0 Å². The van der Waals surface area contributed by atoms with E-state index >= 15 is 0 Å². The van der Waals surface area contributed by atoms with E-state index in [9.17, 15) is 4.39 Å². The number of aromatic nitrogens is 2. The van der Waals surface area contributed by atoms with Gasteiger partial charge < -0.3 is 15.5 Å². The molecule has 1 aliphatic rings. The molecule has 0 spiro atoms. The standard InChI is InChI=1S/C17H19FN4O/c1-10-4-3-5-11(8-19)17(10,23-2)13-6-12(18)7-14-16(13)22-15(9-20)21-14/h6-8,10H,3-5,19H2,1-2H3,(H,21,22)/b11-8+. The third-order valence-electron chi connectivity index (χ3n) is 4.83. The van der Waals surface area contributed by atoms with E-state index in [0.29, 0.717) is 16.6 Å². The van der Waals surface area contributed by atoms with Crippen molar-refractivity contribution in [1.29, 1.82) is 5.26 Å². The Kier molecular flexibility index (Phi) is 3.82. The van der Waals surface area contributed by atoms with Crippen molar-refractivity contribution in [3.05, 3.63) is 41.1 Å². The number of nitrogens with zero attached hydrogens (tertiary/aromatic N) is 2. The molecule has 0 radical (unpaired) electrons. The fourth-order valence-electron chi connectivity index (χ4n) is 3.81. The van der Waals surface area contributed by atoms with Crippen LogP contribution in [0.5, 0.6) is 0 Å². The maximum absolute atomic E-state index is 14.2. The highest BCUT2D eigenvalue weighted by atomic mass is 19.1. The molecule has 120 valence electrons. The zero-order chi connectivity index (χ0) is 16.6. The lowest BCUT2D eigenvalue weighted by atomic mass is 9.69. The number of aromatic amines is 1. The average molecular weight is 314 g/mol. The van der Waals surface area contributed by atoms with E-state index in [-0.39, 0.29) is 11.7 Å². The number of imidazole rings is 1. The number of nitrogens with one attached hydrogen (secondary N) is 1. The average Bonchev–Trinajstić information content (AvgIpc) is 2.97. The van der Waals surface area contributed by atoms with Crippen LogP contribution in [-0.2, 0) is 10.3 Å². The molecule has 2 unspecified atom stereocenters. The number of H-pyrrole nitrogens is 1. The number of hydrogen-bond acceptors (Lipinski definition) is 4. The topological polar surface area (TPSA) is 87.7 Å². The van der Waals surface area contributed by atoms with Gasteiger partial charge in [0.25, 0.3) is 0 Å². The monoisotopic (exact) mass is 314 g/mol. The van der Waals surface area contributed by atoms with Crippen molar-refractivity contribution in [2.24, 2.45) is 11.7 Å². The van der Waals surface area contributed by atoms with Gasteiger partial charge in [0.1, 0.15) is 17.5 Å². The van der Waals surface area contributed by atoms with Gasteiger partial charge in [-0.2, -0.15) is 5.26 Å². The zero-order valence-electron chi connectivity index (χ0n) is 13.2. The fourth-order valence-corrected chi connectivity index (χ4v) is 3.81. The van der Waals surface area contributed by atoms with Crippen molar-refractivity contribution in [3.8, 4) is 6.07 Å². The number of rotatable bonds is 2. The number of fused-ring (bicyclic) bond motifs is 1. The Hall–Kier alpha value is -2.39. The Morgan fingerprint density at radius 1 is 1.57 bits per heavy atom. The molecule has 3 rings (SSSR count). The van der Waals surface area contributed by atoms with Gasteiger partial charge in [0.15, 0.2) is 0 Å². The van der Waals surface area contributed by atoms with Gasteiger partial charge in [0.2, 0.25) is 5.82 Å². The molecule has 2 aromatic rings. The number of benzene rings is 1. The lowest BCUT2D eigenvalue weighted by Gasteiger charge is -2.44. The summed E-state index contributed by atoms with van der Waals surface area (Å²) in [5.41, 5.74) is 7.61. The van der Waals surface area contributed by atoms with Crippen molar-refractivity contribution in [2.75, 3.05) is 7.11 Å². The van der Waals surface area contributed by atoms with Crippen LogP contribution in [0.3, 0.4) is 0 Å². The number of ether oxygens (including phenoxy) is 1. The van der Waals surface area contributed by atoms with Gasteiger partial charge in [0, 0.05) is 12.7 Å². The lowest BCUT2D eigenvalue weighted by Crippen LogP contribution is -2.41. The van der Waals surface area contributed by atoms with Gasteiger partial charge in [0.05, 0.1) is 11.0 Å². The van der Waals surface area contributed by atoms with Gasteiger partial charge in [-0.1, -0.05) is 6.92 Å². The molecule has 1 fully saturated rings. The summed E-state index contributed by atoms with van der Waals surface area (Å²) in [6.45, 7) is 2.07. The fraction of sp³-hybridized carbons (Fsp3) is 0.412. The maximum Gasteiger partial charge on any atom is 0.211 e. The van der Waals surface area contributed by atoms with Crippen LogP contribution in [0, 0.1) is 23.1 Å². The minimum atomic E-state index is -0.824. The minimum absolute atomic E-state index is 0.114. The summed E-state index contributed by atoms with van der Waals surface area (Å²) in [7, 11) is 1.61. The SMILES string of the molecule is COC1(c2cc(F)cc3[nH]c(C#N)nc23)/C(=C/N)CCCC1C. The van der Waals surface area contributed by atoms with Crippen LogP contribution in [-0.4, -0.2) is 17.1 Å². The first-order valence-corrected chi connectivity index (χ1v) is 7.63. The molecule has 0 aliphatic heterocycles. The van der Waals surface area contributed by atoms with Gasteiger partial charge in [-0.15, -0.1) is 0 Å².